The summed E-state index contributed by atoms with van der Waals surface area (Å²) in [6, 6.07) is 6.41. The normalized spacial score (nSPS) is 21.3. The van der Waals surface area contributed by atoms with Crippen LogP contribution in [-0.4, -0.2) is 38.1 Å². The third kappa shape index (κ3) is 3.73. The van der Waals surface area contributed by atoms with Gasteiger partial charge in [0.2, 0.25) is 0 Å². The summed E-state index contributed by atoms with van der Waals surface area (Å²) in [7, 11) is 5.97. The number of anilines is 2. The number of hydrogen-bond donors (Lipinski definition) is 1. The van der Waals surface area contributed by atoms with E-state index >= 15 is 0 Å². The average molecular weight is 303 g/mol. The summed E-state index contributed by atoms with van der Waals surface area (Å²) in [6.45, 7) is 4.32. The Morgan fingerprint density at radius 2 is 1.86 bits per heavy atom. The largest absolute Gasteiger partial charge is 0.377 e. The molecule has 0 aromatic heterocycles. The van der Waals surface area contributed by atoms with Gasteiger partial charge in [0, 0.05) is 38.6 Å². The number of nitrogens with zero attached hydrogens (tertiary/aromatic N) is 2. The molecule has 2 amide bonds. The van der Waals surface area contributed by atoms with Crippen LogP contribution in [0.1, 0.15) is 38.2 Å². The van der Waals surface area contributed by atoms with Crippen LogP contribution >= 0.6 is 0 Å². The van der Waals surface area contributed by atoms with E-state index in [1.165, 1.54) is 24.9 Å². The van der Waals surface area contributed by atoms with Gasteiger partial charge in [0.15, 0.2) is 0 Å². The molecule has 4 nitrogen and oxygen atoms in total. The van der Waals surface area contributed by atoms with Crippen molar-refractivity contribution in [1.82, 2.24) is 4.90 Å². The van der Waals surface area contributed by atoms with Crippen molar-refractivity contribution in [3.05, 3.63) is 23.8 Å². The van der Waals surface area contributed by atoms with Crippen LogP contribution in [0.2, 0.25) is 0 Å². The molecule has 1 aromatic carbocycles. The van der Waals surface area contributed by atoms with E-state index in [4.69, 9.17) is 0 Å². The Labute approximate surface area is 134 Å². The smallest absolute Gasteiger partial charge is 0.321 e. The highest BCUT2D eigenvalue weighted by molar-refractivity contribution is 5.89. The number of aryl methyl sites for hydroxylation is 1. The second kappa shape index (κ2) is 7.03. The topological polar surface area (TPSA) is 35.6 Å². The molecule has 122 valence electrons. The van der Waals surface area contributed by atoms with Crippen molar-refractivity contribution in [2.24, 2.45) is 5.92 Å². The van der Waals surface area contributed by atoms with Gasteiger partial charge in [-0.25, -0.2) is 4.79 Å². The monoisotopic (exact) mass is 303 g/mol. The quantitative estimate of drug-likeness (QED) is 0.912. The molecule has 1 N–H and O–H groups in total. The summed E-state index contributed by atoms with van der Waals surface area (Å²) >= 11 is 0. The van der Waals surface area contributed by atoms with Crippen LogP contribution in [0.4, 0.5) is 16.2 Å². The molecule has 2 atom stereocenters. The first-order valence-corrected chi connectivity index (χ1v) is 8.22. The molecule has 0 aliphatic heterocycles. The first kappa shape index (κ1) is 16.7. The van der Waals surface area contributed by atoms with E-state index in [2.05, 4.69) is 24.1 Å². The maximum atomic E-state index is 12.5. The van der Waals surface area contributed by atoms with Crippen molar-refractivity contribution in [1.29, 1.82) is 0 Å². The molecule has 0 unspecified atom stereocenters. The number of benzene rings is 1. The summed E-state index contributed by atoms with van der Waals surface area (Å²) < 4.78 is 0. The zero-order valence-corrected chi connectivity index (χ0v) is 14.5. The molecule has 2 rings (SSSR count). The van der Waals surface area contributed by atoms with Gasteiger partial charge in [-0.1, -0.05) is 19.8 Å². The summed E-state index contributed by atoms with van der Waals surface area (Å²) in [5, 5.41) is 3.03. The average Bonchev–Trinajstić information content (AvgIpc) is 2.46. The Bertz CT molecular complexity index is 527. The molecule has 0 bridgehead atoms. The van der Waals surface area contributed by atoms with Crippen LogP contribution < -0.4 is 10.2 Å². The molecule has 0 saturated heterocycles. The standard InChI is InChI=1S/C18H29N3O/c1-13-8-6-7-9-17(13)21(5)18(22)19-15-10-11-16(20(3)4)14(2)12-15/h10-13,17H,6-9H2,1-5H3,(H,19,22)/t13-,17-/m0/s1. The van der Waals surface area contributed by atoms with Crippen LogP contribution in [0.25, 0.3) is 0 Å². The number of urea groups is 1. The number of hydrogen-bond acceptors (Lipinski definition) is 2. The predicted octanol–water partition coefficient (Wildman–Crippen LogP) is 4.10. The Morgan fingerprint density at radius 1 is 1.18 bits per heavy atom. The van der Waals surface area contributed by atoms with Gasteiger partial charge in [-0.3, -0.25) is 0 Å². The van der Waals surface area contributed by atoms with Crippen LogP contribution in [0, 0.1) is 12.8 Å². The minimum atomic E-state index is -0.00393. The highest BCUT2D eigenvalue weighted by Crippen LogP contribution is 2.28. The highest BCUT2D eigenvalue weighted by atomic mass is 16.2. The lowest BCUT2D eigenvalue weighted by Crippen LogP contribution is -2.44. The fourth-order valence-electron chi connectivity index (χ4n) is 3.47. The van der Waals surface area contributed by atoms with Crippen molar-refractivity contribution >= 4 is 17.4 Å². The molecule has 1 aliphatic carbocycles. The Hall–Kier alpha value is -1.71. The summed E-state index contributed by atoms with van der Waals surface area (Å²) in [5.41, 5.74) is 3.20. The van der Waals surface area contributed by atoms with E-state index in [9.17, 15) is 4.79 Å². The van der Waals surface area contributed by atoms with E-state index < -0.39 is 0 Å². The van der Waals surface area contributed by atoms with Gasteiger partial charge in [-0.15, -0.1) is 0 Å². The highest BCUT2D eigenvalue weighted by Gasteiger charge is 2.27. The summed E-state index contributed by atoms with van der Waals surface area (Å²) in [4.78, 5) is 16.5. The van der Waals surface area contributed by atoms with Gasteiger partial charge in [0.25, 0.3) is 0 Å². The Balaban J connectivity index is 2.03. The van der Waals surface area contributed by atoms with Gasteiger partial charge >= 0.3 is 6.03 Å². The molecule has 1 aromatic rings. The first-order chi connectivity index (χ1) is 10.4. The maximum Gasteiger partial charge on any atom is 0.321 e. The van der Waals surface area contributed by atoms with Gasteiger partial charge in [-0.05, 0) is 49.4 Å². The van der Waals surface area contributed by atoms with Crippen LogP contribution in [0.3, 0.4) is 0 Å². The lowest BCUT2D eigenvalue weighted by Gasteiger charge is -2.36. The summed E-state index contributed by atoms with van der Waals surface area (Å²) in [5.74, 6) is 0.586. The molecule has 0 spiro atoms. The van der Waals surface area contributed by atoms with Crippen molar-refractivity contribution in [3.63, 3.8) is 0 Å². The molecule has 1 aliphatic rings. The number of rotatable bonds is 3. The minimum Gasteiger partial charge on any atom is -0.377 e. The fraction of sp³-hybridized carbons (Fsp3) is 0.611. The number of carbonyl (C=O) groups excluding carboxylic acids is 1. The zero-order chi connectivity index (χ0) is 16.3. The van der Waals surface area contributed by atoms with Crippen LogP contribution in [0.15, 0.2) is 18.2 Å². The molecule has 0 heterocycles. The summed E-state index contributed by atoms with van der Waals surface area (Å²) in [6.07, 6.45) is 4.85. The molecule has 1 fully saturated rings. The number of nitrogens with one attached hydrogen (secondary N) is 1. The number of carbonyl (C=O) groups is 1. The SMILES string of the molecule is Cc1cc(NC(=O)N(C)[C@H]2CCCC[C@@H]2C)ccc1N(C)C. The van der Waals surface area contributed by atoms with E-state index in [0.29, 0.717) is 12.0 Å². The van der Waals surface area contributed by atoms with E-state index in [1.54, 1.807) is 0 Å². The third-order valence-corrected chi connectivity index (χ3v) is 4.81. The van der Waals surface area contributed by atoms with Crippen molar-refractivity contribution in [2.75, 3.05) is 31.4 Å². The minimum absolute atomic E-state index is 0.00393. The third-order valence-electron chi connectivity index (χ3n) is 4.81. The second-order valence-corrected chi connectivity index (χ2v) is 6.77. The van der Waals surface area contributed by atoms with E-state index in [0.717, 1.165) is 17.7 Å². The lowest BCUT2D eigenvalue weighted by molar-refractivity contribution is 0.155. The van der Waals surface area contributed by atoms with Crippen LogP contribution in [-0.2, 0) is 0 Å². The van der Waals surface area contributed by atoms with Crippen LogP contribution in [0.5, 0.6) is 0 Å². The fourth-order valence-corrected chi connectivity index (χ4v) is 3.47. The molecule has 0 radical (unpaired) electrons. The first-order valence-electron chi connectivity index (χ1n) is 8.22. The van der Waals surface area contributed by atoms with Crippen molar-refractivity contribution in [3.8, 4) is 0 Å². The molecular formula is C18H29N3O. The Kier molecular flexibility index (Phi) is 5.33. The van der Waals surface area contributed by atoms with Gasteiger partial charge in [-0.2, -0.15) is 0 Å². The maximum absolute atomic E-state index is 12.5. The van der Waals surface area contributed by atoms with Crippen molar-refractivity contribution in [2.45, 2.75) is 45.6 Å². The molecule has 4 heteroatoms. The second-order valence-electron chi connectivity index (χ2n) is 6.77. The molecular weight excluding hydrogens is 274 g/mol. The van der Waals surface area contributed by atoms with E-state index in [1.807, 2.05) is 44.2 Å². The van der Waals surface area contributed by atoms with E-state index in [-0.39, 0.29) is 6.03 Å². The zero-order valence-electron chi connectivity index (χ0n) is 14.5. The van der Waals surface area contributed by atoms with Gasteiger partial charge in [0.05, 0.1) is 0 Å². The number of amides is 2. The predicted molar refractivity (Wildman–Crippen MR) is 93.7 cm³/mol. The van der Waals surface area contributed by atoms with Gasteiger partial charge in [0.1, 0.15) is 0 Å². The molecule has 22 heavy (non-hydrogen) atoms. The Morgan fingerprint density at radius 3 is 2.45 bits per heavy atom. The molecule has 1 saturated carbocycles. The van der Waals surface area contributed by atoms with Gasteiger partial charge < -0.3 is 15.1 Å². The lowest BCUT2D eigenvalue weighted by atomic mass is 9.85. The van der Waals surface area contributed by atoms with Crippen molar-refractivity contribution < 1.29 is 4.79 Å².